The molecule has 3 unspecified atom stereocenters. The highest BCUT2D eigenvalue weighted by Crippen LogP contribution is 2.54. The van der Waals surface area contributed by atoms with Crippen LogP contribution in [0.3, 0.4) is 0 Å². The van der Waals surface area contributed by atoms with Gasteiger partial charge >= 0.3 is 0 Å². The molecule has 96 valence electrons. The number of carbonyl (C=O) groups is 1. The molecule has 2 saturated carbocycles. The second-order valence-corrected chi connectivity index (χ2v) is 7.18. The van der Waals surface area contributed by atoms with Crippen molar-refractivity contribution in [1.82, 2.24) is 5.32 Å². The number of hydrogen-bond donors (Lipinski definition) is 1. The molecule has 2 nitrogen and oxygen atoms in total. The molecule has 0 aliphatic heterocycles. The van der Waals surface area contributed by atoms with Crippen LogP contribution in [0.1, 0.15) is 48.6 Å². The zero-order valence-electron chi connectivity index (χ0n) is 10.5. The van der Waals surface area contributed by atoms with Crippen LogP contribution in [0.2, 0.25) is 0 Å². The maximum Gasteiger partial charge on any atom is 0.223 e. The average Bonchev–Trinajstić information content (AvgIpc) is 2.82. The van der Waals surface area contributed by atoms with E-state index >= 15 is 0 Å². The number of amides is 1. The molecule has 1 aromatic heterocycles. The van der Waals surface area contributed by atoms with Gasteiger partial charge in [0.25, 0.3) is 0 Å². The van der Waals surface area contributed by atoms with E-state index in [9.17, 15) is 4.79 Å². The van der Waals surface area contributed by atoms with Gasteiger partial charge in [0.2, 0.25) is 5.91 Å². The van der Waals surface area contributed by atoms with E-state index in [1.807, 2.05) is 11.3 Å². The van der Waals surface area contributed by atoms with Crippen molar-refractivity contribution in [3.8, 4) is 0 Å². The number of nitrogens with one attached hydrogen (secondary N) is 1. The molecule has 0 aromatic carbocycles. The summed E-state index contributed by atoms with van der Waals surface area (Å²) in [4.78, 5) is 13.8. The summed E-state index contributed by atoms with van der Waals surface area (Å²) in [5.74, 6) is 2.43. The predicted octanol–water partition coefficient (Wildman–Crippen LogP) is 3.29. The largest absolute Gasteiger partial charge is 0.349 e. The Morgan fingerprint density at radius 1 is 1.28 bits per heavy atom. The summed E-state index contributed by atoms with van der Waals surface area (Å²) >= 11 is 1.84. The van der Waals surface area contributed by atoms with E-state index in [0.717, 1.165) is 31.1 Å². The van der Waals surface area contributed by atoms with Crippen LogP contribution in [0.25, 0.3) is 0 Å². The Balaban J connectivity index is 1.44. The van der Waals surface area contributed by atoms with Crippen LogP contribution in [0.5, 0.6) is 0 Å². The third-order valence-electron chi connectivity index (χ3n) is 4.98. The summed E-state index contributed by atoms with van der Waals surface area (Å²) in [6.45, 7) is 0. The monoisotopic (exact) mass is 261 g/mol. The van der Waals surface area contributed by atoms with Gasteiger partial charge in [-0.25, -0.2) is 0 Å². The van der Waals surface area contributed by atoms with Gasteiger partial charge in [0.1, 0.15) is 0 Å². The van der Waals surface area contributed by atoms with Gasteiger partial charge in [0.15, 0.2) is 0 Å². The minimum absolute atomic E-state index is 0.296. The Kier molecular flexibility index (Phi) is 2.51. The Morgan fingerprint density at radius 2 is 2.11 bits per heavy atom. The molecule has 3 aliphatic carbocycles. The Bertz CT molecular complexity index is 471. The Hall–Kier alpha value is -0.830. The second kappa shape index (κ2) is 4.09. The van der Waals surface area contributed by atoms with E-state index in [2.05, 4.69) is 16.8 Å². The van der Waals surface area contributed by atoms with Crippen molar-refractivity contribution >= 4 is 17.2 Å². The van der Waals surface area contributed by atoms with Gasteiger partial charge in [0.05, 0.1) is 6.04 Å². The van der Waals surface area contributed by atoms with Crippen molar-refractivity contribution in [1.29, 1.82) is 0 Å². The lowest BCUT2D eigenvalue weighted by Crippen LogP contribution is -2.34. The van der Waals surface area contributed by atoms with Crippen LogP contribution >= 0.6 is 11.3 Å². The smallest absolute Gasteiger partial charge is 0.223 e. The van der Waals surface area contributed by atoms with Crippen molar-refractivity contribution in [2.45, 2.75) is 44.6 Å². The number of rotatable bonds is 2. The molecule has 1 amide bonds. The molecule has 0 spiro atoms. The van der Waals surface area contributed by atoms with Crippen molar-refractivity contribution in [3.63, 3.8) is 0 Å². The molecular weight excluding hydrogens is 242 g/mol. The molecule has 3 aliphatic rings. The molecule has 0 radical (unpaired) electrons. The first-order valence-corrected chi connectivity index (χ1v) is 8.06. The van der Waals surface area contributed by atoms with Gasteiger partial charge in [-0.05, 0) is 67.4 Å². The fourth-order valence-corrected chi connectivity index (χ4v) is 4.84. The number of fused-ring (bicyclic) bond motifs is 2. The summed E-state index contributed by atoms with van der Waals surface area (Å²) in [5, 5.41) is 5.48. The summed E-state index contributed by atoms with van der Waals surface area (Å²) < 4.78 is 0. The zero-order valence-corrected chi connectivity index (χ0v) is 11.3. The van der Waals surface area contributed by atoms with Crippen molar-refractivity contribution < 1.29 is 4.79 Å². The van der Waals surface area contributed by atoms with Gasteiger partial charge in [-0.1, -0.05) is 0 Å². The SMILES string of the molecule is O=C(NC1CCCc2sccc21)C1CC2CC2C1. The molecule has 0 bridgehead atoms. The molecular formula is C15H19NOS. The lowest BCUT2D eigenvalue weighted by atomic mass is 9.93. The van der Waals surface area contributed by atoms with Crippen LogP contribution in [0.4, 0.5) is 0 Å². The van der Waals surface area contributed by atoms with E-state index in [-0.39, 0.29) is 0 Å². The van der Waals surface area contributed by atoms with Crippen LogP contribution in [0, 0.1) is 17.8 Å². The first kappa shape index (κ1) is 11.0. The normalized spacial score (nSPS) is 36.9. The van der Waals surface area contributed by atoms with Crippen molar-refractivity contribution in [3.05, 3.63) is 21.9 Å². The third-order valence-corrected chi connectivity index (χ3v) is 5.98. The van der Waals surface area contributed by atoms with Gasteiger partial charge < -0.3 is 5.32 Å². The van der Waals surface area contributed by atoms with Crippen LogP contribution in [-0.4, -0.2) is 5.91 Å². The highest BCUT2D eigenvalue weighted by molar-refractivity contribution is 7.10. The maximum atomic E-state index is 12.3. The molecule has 1 N–H and O–H groups in total. The minimum Gasteiger partial charge on any atom is -0.349 e. The van der Waals surface area contributed by atoms with Crippen molar-refractivity contribution in [2.75, 3.05) is 0 Å². The lowest BCUT2D eigenvalue weighted by Gasteiger charge is -2.25. The number of hydrogen-bond acceptors (Lipinski definition) is 2. The van der Waals surface area contributed by atoms with E-state index in [1.165, 1.54) is 29.7 Å². The minimum atomic E-state index is 0.296. The summed E-state index contributed by atoms with van der Waals surface area (Å²) in [6, 6.07) is 2.50. The summed E-state index contributed by atoms with van der Waals surface area (Å²) in [7, 11) is 0. The number of thiophene rings is 1. The van der Waals surface area contributed by atoms with E-state index in [0.29, 0.717) is 17.9 Å². The van der Waals surface area contributed by atoms with Crippen LogP contribution in [-0.2, 0) is 11.2 Å². The third kappa shape index (κ3) is 1.80. The quantitative estimate of drug-likeness (QED) is 0.869. The van der Waals surface area contributed by atoms with E-state index < -0.39 is 0 Å². The van der Waals surface area contributed by atoms with Crippen molar-refractivity contribution in [2.24, 2.45) is 17.8 Å². The predicted molar refractivity (Wildman–Crippen MR) is 72.5 cm³/mol. The van der Waals surface area contributed by atoms with E-state index in [4.69, 9.17) is 0 Å². The summed E-state index contributed by atoms with van der Waals surface area (Å²) in [6.07, 6.45) is 7.23. The zero-order chi connectivity index (χ0) is 12.1. The fourth-order valence-electron chi connectivity index (χ4n) is 3.85. The van der Waals surface area contributed by atoms with E-state index in [1.54, 1.807) is 0 Å². The molecule has 1 aromatic rings. The Morgan fingerprint density at radius 3 is 2.94 bits per heavy atom. The molecule has 4 rings (SSSR count). The van der Waals surface area contributed by atoms with Crippen LogP contribution in [0.15, 0.2) is 11.4 Å². The highest BCUT2D eigenvalue weighted by Gasteiger charge is 2.48. The standard InChI is InChI=1S/C15H19NOS/c17-15(11-7-9-6-10(9)8-11)16-13-2-1-3-14-12(13)4-5-18-14/h4-5,9-11,13H,1-3,6-8H2,(H,16,17). The average molecular weight is 261 g/mol. The molecule has 3 atom stereocenters. The number of carbonyl (C=O) groups excluding carboxylic acids is 1. The van der Waals surface area contributed by atoms with Gasteiger partial charge in [-0.2, -0.15) is 0 Å². The molecule has 2 fully saturated rings. The first-order chi connectivity index (χ1) is 8.81. The van der Waals surface area contributed by atoms with Gasteiger partial charge in [-0.3, -0.25) is 4.79 Å². The second-order valence-electron chi connectivity index (χ2n) is 6.18. The molecule has 3 heteroatoms. The van der Waals surface area contributed by atoms with Gasteiger partial charge in [-0.15, -0.1) is 11.3 Å². The Labute approximate surface area is 112 Å². The number of aryl methyl sites for hydroxylation is 1. The first-order valence-electron chi connectivity index (χ1n) is 7.18. The molecule has 1 heterocycles. The highest BCUT2D eigenvalue weighted by atomic mass is 32.1. The molecule has 18 heavy (non-hydrogen) atoms. The van der Waals surface area contributed by atoms with Crippen LogP contribution < -0.4 is 5.32 Å². The fraction of sp³-hybridized carbons (Fsp3) is 0.667. The molecule has 0 saturated heterocycles. The maximum absolute atomic E-state index is 12.3. The summed E-state index contributed by atoms with van der Waals surface area (Å²) in [5.41, 5.74) is 1.39. The topological polar surface area (TPSA) is 29.1 Å². The van der Waals surface area contributed by atoms with Gasteiger partial charge in [0, 0.05) is 10.8 Å². The lowest BCUT2D eigenvalue weighted by molar-refractivity contribution is -0.126.